The summed E-state index contributed by atoms with van der Waals surface area (Å²) < 4.78 is 12.2. The number of nitro benzene ring substituents is 1. The molecule has 1 aromatic carbocycles. The largest absolute Gasteiger partial charge is 0.443 e. The number of hydrogen-bond donors (Lipinski definition) is 0. The highest BCUT2D eigenvalue weighted by atomic mass is 16.6. The van der Waals surface area contributed by atoms with E-state index in [1.54, 1.807) is 60.0 Å². The van der Waals surface area contributed by atoms with Gasteiger partial charge < -0.3 is 9.47 Å². The highest BCUT2D eigenvalue weighted by molar-refractivity contribution is 5.88. The highest BCUT2D eigenvalue weighted by Crippen LogP contribution is 2.24. The van der Waals surface area contributed by atoms with Crippen molar-refractivity contribution in [3.63, 3.8) is 0 Å². The Bertz CT molecular complexity index is 898. The monoisotopic (exact) mass is 418 g/mol. The van der Waals surface area contributed by atoms with E-state index in [-0.39, 0.29) is 12.2 Å². The first-order chi connectivity index (χ1) is 13.8. The van der Waals surface area contributed by atoms with E-state index < -0.39 is 28.3 Å². The Morgan fingerprint density at radius 2 is 1.67 bits per heavy atom. The van der Waals surface area contributed by atoms with Crippen LogP contribution in [0.25, 0.3) is 5.69 Å². The van der Waals surface area contributed by atoms with Crippen LogP contribution in [0.15, 0.2) is 36.7 Å². The number of rotatable bonds is 4. The van der Waals surface area contributed by atoms with Gasteiger partial charge in [-0.1, -0.05) is 0 Å². The molecule has 0 fully saturated rings. The highest BCUT2D eigenvalue weighted by Gasteiger charge is 2.32. The third-order valence-electron chi connectivity index (χ3n) is 3.58. The van der Waals surface area contributed by atoms with Crippen molar-refractivity contribution < 1.29 is 24.0 Å². The lowest BCUT2D eigenvalue weighted by molar-refractivity contribution is -0.384. The Morgan fingerprint density at radius 1 is 1.10 bits per heavy atom. The van der Waals surface area contributed by atoms with Crippen molar-refractivity contribution in [3.8, 4) is 5.69 Å². The molecule has 0 atom stereocenters. The number of nitrogens with zero attached hydrogens (tertiary/aromatic N) is 4. The summed E-state index contributed by atoms with van der Waals surface area (Å²) in [4.78, 5) is 37.0. The number of imide groups is 1. The first kappa shape index (κ1) is 22.9. The van der Waals surface area contributed by atoms with Crippen LogP contribution >= 0.6 is 0 Å². The average Bonchev–Trinajstić information content (AvgIpc) is 3.10. The lowest BCUT2D eigenvalue weighted by Crippen LogP contribution is -2.43. The fourth-order valence-electron chi connectivity index (χ4n) is 2.45. The quantitative estimate of drug-likeness (QED) is 0.532. The van der Waals surface area contributed by atoms with Gasteiger partial charge in [-0.25, -0.2) is 19.2 Å². The molecule has 10 nitrogen and oxygen atoms in total. The molecule has 1 aromatic heterocycles. The molecule has 2 amide bonds. The van der Waals surface area contributed by atoms with Crippen molar-refractivity contribution in [1.29, 1.82) is 0 Å². The zero-order chi connectivity index (χ0) is 22.7. The molecule has 0 N–H and O–H groups in total. The predicted octanol–water partition coefficient (Wildman–Crippen LogP) is 4.45. The Balaban J connectivity index is 2.49. The maximum absolute atomic E-state index is 12.8. The van der Waals surface area contributed by atoms with Gasteiger partial charge in [-0.2, -0.15) is 5.10 Å². The van der Waals surface area contributed by atoms with Gasteiger partial charge in [0.05, 0.1) is 17.2 Å². The summed E-state index contributed by atoms with van der Waals surface area (Å²) in [5.74, 6) is 0. The van der Waals surface area contributed by atoms with Crippen molar-refractivity contribution in [1.82, 2.24) is 14.7 Å². The van der Waals surface area contributed by atoms with Crippen LogP contribution in [0.3, 0.4) is 0 Å². The molecule has 30 heavy (non-hydrogen) atoms. The van der Waals surface area contributed by atoms with E-state index in [2.05, 4.69) is 5.10 Å². The summed E-state index contributed by atoms with van der Waals surface area (Å²) >= 11 is 0. The zero-order valence-electron chi connectivity index (χ0n) is 17.9. The second-order valence-corrected chi connectivity index (χ2v) is 8.57. The van der Waals surface area contributed by atoms with Crippen LogP contribution in [0, 0.1) is 10.1 Å². The summed E-state index contributed by atoms with van der Waals surface area (Å²) in [6.07, 6.45) is 1.35. The number of benzene rings is 1. The molecule has 0 aliphatic heterocycles. The van der Waals surface area contributed by atoms with Crippen LogP contribution in [0.5, 0.6) is 0 Å². The molecular weight excluding hydrogens is 392 g/mol. The number of hydrogen-bond acceptors (Lipinski definition) is 7. The van der Waals surface area contributed by atoms with Crippen molar-refractivity contribution in [2.75, 3.05) is 0 Å². The van der Waals surface area contributed by atoms with Crippen molar-refractivity contribution in [2.45, 2.75) is 59.3 Å². The van der Waals surface area contributed by atoms with Crippen LogP contribution in [-0.2, 0) is 16.0 Å². The minimum absolute atomic E-state index is 0.186. The van der Waals surface area contributed by atoms with Crippen LogP contribution in [0.1, 0.15) is 47.1 Å². The first-order valence-electron chi connectivity index (χ1n) is 9.28. The van der Waals surface area contributed by atoms with Gasteiger partial charge in [0.15, 0.2) is 0 Å². The van der Waals surface area contributed by atoms with Gasteiger partial charge in [-0.3, -0.25) is 10.1 Å². The standard InChI is InChI=1S/C20H26N4O6/c1-19(2,3)29-17(25)22(18(26)30-20(4,5)6)13-14-12-15(24(27)28)8-9-16(14)23-11-7-10-21-23/h7-12H,13H2,1-6H3. The van der Waals surface area contributed by atoms with E-state index in [0.29, 0.717) is 11.3 Å². The molecular formula is C20H26N4O6. The molecule has 10 heteroatoms. The van der Waals surface area contributed by atoms with Crippen LogP contribution in [0.2, 0.25) is 0 Å². The molecule has 1 heterocycles. The molecule has 0 bridgehead atoms. The summed E-state index contributed by atoms with van der Waals surface area (Å²) in [6, 6.07) is 5.80. The van der Waals surface area contributed by atoms with Crippen molar-refractivity contribution >= 4 is 17.9 Å². The fourth-order valence-corrected chi connectivity index (χ4v) is 2.45. The summed E-state index contributed by atoms with van der Waals surface area (Å²) in [6.45, 7) is 9.70. The topological polar surface area (TPSA) is 117 Å². The van der Waals surface area contributed by atoms with Gasteiger partial charge in [0.1, 0.15) is 11.2 Å². The van der Waals surface area contributed by atoms with Gasteiger partial charge >= 0.3 is 12.2 Å². The Labute approximate surface area is 174 Å². The maximum atomic E-state index is 12.8. The molecule has 2 rings (SSSR count). The average molecular weight is 418 g/mol. The minimum Gasteiger partial charge on any atom is -0.443 e. The smallest absolute Gasteiger partial charge is 0.420 e. The summed E-state index contributed by atoms with van der Waals surface area (Å²) in [5.41, 5.74) is -1.10. The van der Waals surface area contributed by atoms with E-state index in [9.17, 15) is 19.7 Å². The predicted molar refractivity (Wildman–Crippen MR) is 108 cm³/mol. The summed E-state index contributed by atoms with van der Waals surface area (Å²) in [7, 11) is 0. The van der Waals surface area contributed by atoms with Gasteiger partial charge in [0.25, 0.3) is 5.69 Å². The molecule has 0 saturated carbocycles. The number of carbonyl (C=O) groups excluding carboxylic acids is 2. The number of nitro groups is 1. The lowest BCUT2D eigenvalue weighted by Gasteiger charge is -2.29. The van der Waals surface area contributed by atoms with Crippen LogP contribution in [0.4, 0.5) is 15.3 Å². The SMILES string of the molecule is CC(C)(C)OC(=O)N(Cc1cc([N+](=O)[O-])ccc1-n1cccn1)C(=O)OC(C)(C)C. The van der Waals surface area contributed by atoms with Gasteiger partial charge in [-0.15, -0.1) is 0 Å². The van der Waals surface area contributed by atoms with E-state index >= 15 is 0 Å². The second kappa shape index (κ2) is 8.52. The van der Waals surface area contributed by atoms with Crippen LogP contribution < -0.4 is 0 Å². The Hall–Kier alpha value is -3.43. The third-order valence-corrected chi connectivity index (χ3v) is 3.58. The van der Waals surface area contributed by atoms with Crippen molar-refractivity contribution in [3.05, 3.63) is 52.3 Å². The number of amides is 2. The minimum atomic E-state index is -0.922. The molecule has 0 aliphatic rings. The first-order valence-corrected chi connectivity index (χ1v) is 9.28. The molecule has 0 aliphatic carbocycles. The van der Waals surface area contributed by atoms with E-state index in [1.807, 2.05) is 0 Å². The molecule has 0 unspecified atom stereocenters. The van der Waals surface area contributed by atoms with E-state index in [4.69, 9.17) is 9.47 Å². The molecule has 162 valence electrons. The fraction of sp³-hybridized carbons (Fsp3) is 0.450. The summed E-state index contributed by atoms with van der Waals surface area (Å²) in [5, 5.41) is 15.4. The molecule has 0 spiro atoms. The van der Waals surface area contributed by atoms with Gasteiger partial charge in [-0.05, 0) is 53.7 Å². The lowest BCUT2D eigenvalue weighted by atomic mass is 10.1. The zero-order valence-corrected chi connectivity index (χ0v) is 17.9. The maximum Gasteiger partial charge on any atom is 0.420 e. The van der Waals surface area contributed by atoms with Crippen molar-refractivity contribution in [2.24, 2.45) is 0 Å². The van der Waals surface area contributed by atoms with Crippen LogP contribution in [-0.4, -0.2) is 43.0 Å². The Kier molecular flexibility index (Phi) is 6.49. The third kappa shape index (κ3) is 6.29. The van der Waals surface area contributed by atoms with E-state index in [1.165, 1.54) is 22.9 Å². The normalized spacial score (nSPS) is 11.7. The number of ether oxygens (including phenoxy) is 2. The second-order valence-electron chi connectivity index (χ2n) is 8.57. The molecule has 2 aromatic rings. The molecule has 0 saturated heterocycles. The van der Waals surface area contributed by atoms with Gasteiger partial charge in [0.2, 0.25) is 0 Å². The number of aromatic nitrogens is 2. The molecule has 0 radical (unpaired) electrons. The van der Waals surface area contributed by atoms with E-state index in [0.717, 1.165) is 4.90 Å². The van der Waals surface area contributed by atoms with Gasteiger partial charge in [0, 0.05) is 30.1 Å². The number of carbonyl (C=O) groups is 2. The Morgan fingerprint density at radius 3 is 2.10 bits per heavy atom. The number of non-ortho nitro benzene ring substituents is 1.